The number of rotatable bonds is 16. The van der Waals surface area contributed by atoms with Crippen molar-refractivity contribution in [3.63, 3.8) is 0 Å². The molecule has 0 aliphatic carbocycles. The summed E-state index contributed by atoms with van der Waals surface area (Å²) in [5, 5.41) is 2.57. The van der Waals surface area contributed by atoms with Crippen molar-refractivity contribution < 1.29 is 34.6 Å². The minimum absolute atomic E-state index is 0. The summed E-state index contributed by atoms with van der Waals surface area (Å²) < 4.78 is 30.6. The number of methoxy groups -OCH3 is 1. The summed E-state index contributed by atoms with van der Waals surface area (Å²) >= 11 is 0. The first-order valence-electron chi connectivity index (χ1n) is 7.51. The summed E-state index contributed by atoms with van der Waals surface area (Å²) in [7, 11) is 1.61. The van der Waals surface area contributed by atoms with Crippen LogP contribution < -0.4 is 5.32 Å². The molecule has 8 nitrogen and oxygen atoms in total. The molecule has 0 fully saturated rings. The molecule has 0 rings (SSSR count). The lowest BCUT2D eigenvalue weighted by Crippen LogP contribution is -2.29. The lowest BCUT2D eigenvalue weighted by Gasteiger charge is -2.08. The second kappa shape index (κ2) is 21.4. The van der Waals surface area contributed by atoms with Crippen molar-refractivity contribution in [2.75, 3.05) is 79.7 Å². The van der Waals surface area contributed by atoms with Gasteiger partial charge in [-0.05, 0) is 6.92 Å². The molecular weight excluding hydrogens is 326 g/mol. The molecule has 0 atom stereocenters. The van der Waals surface area contributed by atoms with Gasteiger partial charge in [-0.1, -0.05) is 0 Å². The Morgan fingerprint density at radius 2 is 1.35 bits per heavy atom. The Morgan fingerprint density at radius 1 is 0.826 bits per heavy atom. The number of carbonyl (C=O) groups excluding carboxylic acids is 1. The molecule has 0 bridgehead atoms. The number of amides is 1. The molecule has 0 radical (unpaired) electrons. The van der Waals surface area contributed by atoms with E-state index in [0.717, 1.165) is 0 Å². The Morgan fingerprint density at radius 3 is 1.96 bits per heavy atom. The van der Waals surface area contributed by atoms with Gasteiger partial charge in [0.15, 0.2) is 0 Å². The molecule has 0 aliphatic rings. The van der Waals surface area contributed by atoms with Gasteiger partial charge in [0.05, 0.1) is 52.9 Å². The highest BCUT2D eigenvalue weighted by atomic mass is 32.1. The molecular formula is C14H33NO7S. The summed E-state index contributed by atoms with van der Waals surface area (Å²) in [4.78, 5) is 11.3. The van der Waals surface area contributed by atoms with E-state index in [1.807, 2.05) is 6.92 Å². The monoisotopic (exact) mass is 359 g/mol. The van der Waals surface area contributed by atoms with Crippen molar-refractivity contribution in [1.29, 1.82) is 0 Å². The molecule has 0 saturated heterocycles. The van der Waals surface area contributed by atoms with E-state index < -0.39 is 6.09 Å². The van der Waals surface area contributed by atoms with Gasteiger partial charge < -0.3 is 33.7 Å². The molecule has 142 valence electrons. The quantitative estimate of drug-likeness (QED) is 0.408. The van der Waals surface area contributed by atoms with Gasteiger partial charge in [0.2, 0.25) is 0 Å². The number of nitrogens with one attached hydrogen (secondary N) is 1. The largest absolute Gasteiger partial charge is 0.447 e. The third-order valence-corrected chi connectivity index (χ3v) is 2.36. The number of carbonyl (C=O) groups is 1. The van der Waals surface area contributed by atoms with Crippen LogP contribution in [0.5, 0.6) is 0 Å². The van der Waals surface area contributed by atoms with Crippen LogP contribution in [0, 0.1) is 0 Å². The van der Waals surface area contributed by atoms with Crippen LogP contribution in [0.4, 0.5) is 4.79 Å². The van der Waals surface area contributed by atoms with Crippen molar-refractivity contribution in [3.05, 3.63) is 0 Å². The van der Waals surface area contributed by atoms with Gasteiger partial charge in [0, 0.05) is 21.7 Å². The highest BCUT2D eigenvalue weighted by Crippen LogP contribution is 1.84. The lowest BCUT2D eigenvalue weighted by molar-refractivity contribution is 0.00726. The second-order valence-corrected chi connectivity index (χ2v) is 4.09. The van der Waals surface area contributed by atoms with Crippen LogP contribution in [-0.4, -0.2) is 85.8 Å². The number of hydrogen-bond acceptors (Lipinski definition) is 7. The van der Waals surface area contributed by atoms with Crippen LogP contribution in [0.2, 0.25) is 0 Å². The highest BCUT2D eigenvalue weighted by molar-refractivity contribution is 7.59. The number of alkyl carbamates (subject to hydrolysis) is 1. The van der Waals surface area contributed by atoms with E-state index in [1.165, 1.54) is 0 Å². The zero-order chi connectivity index (χ0) is 16.3. The van der Waals surface area contributed by atoms with Gasteiger partial charge in [-0.25, -0.2) is 4.79 Å². The lowest BCUT2D eigenvalue weighted by atomic mass is 10.6. The smallest absolute Gasteiger partial charge is 0.407 e. The van der Waals surface area contributed by atoms with E-state index in [2.05, 4.69) is 5.32 Å². The first-order chi connectivity index (χ1) is 10.8. The van der Waals surface area contributed by atoms with E-state index >= 15 is 0 Å². The van der Waals surface area contributed by atoms with Crippen LogP contribution in [0.25, 0.3) is 0 Å². The SMILES string of the molecule is CCOCCOCCOCCOC(=O)NCCOCCOC.S.[HH]. The standard InChI is InChI=1S/C14H29NO7.H2S.H2/c1-3-18-8-9-20-10-11-21-12-13-22-14(16)15-4-5-19-7-6-17-2;;/h3-13H2,1-2H3,(H,15,16);1H2;1H. The van der Waals surface area contributed by atoms with Crippen molar-refractivity contribution >= 4 is 19.6 Å². The molecule has 0 saturated carbocycles. The average Bonchev–Trinajstić information content (AvgIpc) is 2.52. The number of hydrogen-bond donors (Lipinski definition) is 1. The van der Waals surface area contributed by atoms with Gasteiger partial charge in [0.25, 0.3) is 0 Å². The van der Waals surface area contributed by atoms with Crippen molar-refractivity contribution in [1.82, 2.24) is 5.32 Å². The maximum absolute atomic E-state index is 11.3. The topological polar surface area (TPSA) is 84.5 Å². The summed E-state index contributed by atoms with van der Waals surface area (Å²) in [6, 6.07) is 0. The van der Waals surface area contributed by atoms with E-state index in [9.17, 15) is 4.79 Å². The third kappa shape index (κ3) is 21.4. The van der Waals surface area contributed by atoms with Gasteiger partial charge in [0.1, 0.15) is 6.61 Å². The van der Waals surface area contributed by atoms with Crippen molar-refractivity contribution in [2.45, 2.75) is 6.92 Å². The molecule has 0 spiro atoms. The molecule has 9 heteroatoms. The van der Waals surface area contributed by atoms with Crippen LogP contribution in [0.15, 0.2) is 0 Å². The van der Waals surface area contributed by atoms with E-state index in [-0.39, 0.29) is 21.5 Å². The maximum Gasteiger partial charge on any atom is 0.407 e. The van der Waals surface area contributed by atoms with Crippen LogP contribution in [-0.2, 0) is 28.4 Å². The number of ether oxygens (including phenoxy) is 6. The Bertz CT molecular complexity index is 253. The Labute approximate surface area is 147 Å². The first-order valence-corrected chi connectivity index (χ1v) is 7.51. The minimum atomic E-state index is -0.480. The summed E-state index contributed by atoms with van der Waals surface area (Å²) in [5.41, 5.74) is 0. The molecule has 0 heterocycles. The van der Waals surface area contributed by atoms with Crippen LogP contribution in [0.3, 0.4) is 0 Å². The third-order valence-electron chi connectivity index (χ3n) is 2.36. The molecule has 0 aromatic heterocycles. The molecule has 0 aromatic carbocycles. The summed E-state index contributed by atoms with van der Waals surface area (Å²) in [6.45, 7) is 7.16. The Hall–Kier alpha value is -0.580. The van der Waals surface area contributed by atoms with E-state index in [4.69, 9.17) is 28.4 Å². The fraction of sp³-hybridized carbons (Fsp3) is 0.929. The van der Waals surface area contributed by atoms with Gasteiger partial charge in [-0.2, -0.15) is 13.5 Å². The molecule has 0 unspecified atom stereocenters. The second-order valence-electron chi connectivity index (χ2n) is 4.09. The van der Waals surface area contributed by atoms with E-state index in [0.29, 0.717) is 66.0 Å². The first kappa shape index (κ1) is 24.7. The fourth-order valence-electron chi connectivity index (χ4n) is 1.30. The normalized spacial score (nSPS) is 10.2. The van der Waals surface area contributed by atoms with Gasteiger partial charge in [-0.15, -0.1) is 0 Å². The minimum Gasteiger partial charge on any atom is -0.447 e. The van der Waals surface area contributed by atoms with Gasteiger partial charge in [-0.3, -0.25) is 0 Å². The molecule has 0 aliphatic heterocycles. The Balaban J connectivity index is -0.00000220. The zero-order valence-electron chi connectivity index (χ0n) is 14.1. The van der Waals surface area contributed by atoms with Gasteiger partial charge >= 0.3 is 6.09 Å². The fourth-order valence-corrected chi connectivity index (χ4v) is 1.30. The Kier molecular flexibility index (Phi) is 23.0. The van der Waals surface area contributed by atoms with Crippen LogP contribution in [0.1, 0.15) is 8.35 Å². The molecule has 23 heavy (non-hydrogen) atoms. The molecule has 1 N–H and O–H groups in total. The highest BCUT2D eigenvalue weighted by Gasteiger charge is 2.00. The molecule has 0 aromatic rings. The summed E-state index contributed by atoms with van der Waals surface area (Å²) in [5.74, 6) is 0. The average molecular weight is 359 g/mol. The zero-order valence-corrected chi connectivity index (χ0v) is 15.1. The molecule has 1 amide bonds. The van der Waals surface area contributed by atoms with Crippen LogP contribution >= 0.6 is 13.5 Å². The van der Waals surface area contributed by atoms with E-state index in [1.54, 1.807) is 7.11 Å². The predicted molar refractivity (Wildman–Crippen MR) is 92.7 cm³/mol. The van der Waals surface area contributed by atoms with Crippen molar-refractivity contribution in [3.8, 4) is 0 Å². The predicted octanol–water partition coefficient (Wildman–Crippen LogP) is 0.804. The summed E-state index contributed by atoms with van der Waals surface area (Å²) in [6.07, 6.45) is -0.480. The van der Waals surface area contributed by atoms with Crippen molar-refractivity contribution in [2.24, 2.45) is 0 Å². The maximum atomic E-state index is 11.3.